The van der Waals surface area contributed by atoms with Gasteiger partial charge in [0.15, 0.2) is 0 Å². The molecule has 0 unspecified atom stereocenters. The highest BCUT2D eigenvalue weighted by Crippen LogP contribution is 2.41. The second kappa shape index (κ2) is 8.51. The van der Waals surface area contributed by atoms with E-state index < -0.39 is 0 Å². The monoisotopic (exact) mass is 418 g/mol. The van der Waals surface area contributed by atoms with Crippen molar-refractivity contribution in [2.24, 2.45) is 5.92 Å². The summed E-state index contributed by atoms with van der Waals surface area (Å²) in [7, 11) is 1.60. The molecule has 0 aliphatic carbocycles. The van der Waals surface area contributed by atoms with Gasteiger partial charge in [0.1, 0.15) is 0 Å². The molecule has 1 fully saturated rings. The van der Waals surface area contributed by atoms with Crippen molar-refractivity contribution in [1.29, 1.82) is 0 Å². The standard InChI is InChI=1S/C24H26N4O3/c1-30-20-3-2-18(14-27-20)21-22-19(6-11-26-24(22)29)28(15-16-7-12-31-13-8-16)23(21)17-4-9-25-10-5-17/h2-5,9-10,14,16H,6-8,11-13,15H2,1H3,(H,26,29). The van der Waals surface area contributed by atoms with Gasteiger partial charge in [-0.3, -0.25) is 9.78 Å². The number of nitrogens with zero attached hydrogens (tertiary/aromatic N) is 3. The van der Waals surface area contributed by atoms with E-state index in [1.165, 1.54) is 0 Å². The Morgan fingerprint density at radius 1 is 1.13 bits per heavy atom. The number of aromatic nitrogens is 3. The van der Waals surface area contributed by atoms with E-state index in [1.54, 1.807) is 25.7 Å². The molecule has 31 heavy (non-hydrogen) atoms. The summed E-state index contributed by atoms with van der Waals surface area (Å²) in [5, 5.41) is 3.04. The van der Waals surface area contributed by atoms with E-state index >= 15 is 0 Å². The third kappa shape index (κ3) is 3.70. The molecule has 0 atom stereocenters. The number of pyridine rings is 2. The lowest BCUT2D eigenvalue weighted by Crippen LogP contribution is -2.33. The van der Waals surface area contributed by atoms with E-state index in [0.717, 1.165) is 72.7 Å². The number of carbonyl (C=O) groups is 1. The Balaban J connectivity index is 1.74. The molecule has 2 aliphatic rings. The van der Waals surface area contributed by atoms with Crippen molar-refractivity contribution in [3.05, 3.63) is 54.1 Å². The Labute approximate surface area is 181 Å². The zero-order valence-corrected chi connectivity index (χ0v) is 17.6. The lowest BCUT2D eigenvalue weighted by atomic mass is 9.96. The van der Waals surface area contributed by atoms with Crippen LogP contribution in [0.1, 0.15) is 28.9 Å². The first kappa shape index (κ1) is 19.8. The number of hydrogen-bond acceptors (Lipinski definition) is 5. The number of fused-ring (bicyclic) bond motifs is 1. The van der Waals surface area contributed by atoms with Gasteiger partial charge in [-0.2, -0.15) is 0 Å². The summed E-state index contributed by atoms with van der Waals surface area (Å²) in [6.45, 7) is 3.13. The van der Waals surface area contributed by atoms with E-state index in [2.05, 4.69) is 19.9 Å². The van der Waals surface area contributed by atoms with Crippen molar-refractivity contribution < 1.29 is 14.3 Å². The van der Waals surface area contributed by atoms with Crippen molar-refractivity contribution >= 4 is 5.91 Å². The van der Waals surface area contributed by atoms with Crippen LogP contribution >= 0.6 is 0 Å². The van der Waals surface area contributed by atoms with Gasteiger partial charge >= 0.3 is 0 Å². The van der Waals surface area contributed by atoms with Crippen LogP contribution in [0.2, 0.25) is 0 Å². The summed E-state index contributed by atoms with van der Waals surface area (Å²) in [6, 6.07) is 7.85. The summed E-state index contributed by atoms with van der Waals surface area (Å²) in [5.41, 5.74) is 5.81. The Morgan fingerprint density at radius 3 is 2.65 bits per heavy atom. The number of nitrogens with one attached hydrogen (secondary N) is 1. The largest absolute Gasteiger partial charge is 0.481 e. The molecular weight excluding hydrogens is 392 g/mol. The van der Waals surface area contributed by atoms with Gasteiger partial charge in [0, 0.05) is 79.8 Å². The van der Waals surface area contributed by atoms with Gasteiger partial charge in [-0.25, -0.2) is 4.98 Å². The molecule has 1 N–H and O–H groups in total. The maximum absolute atomic E-state index is 13.1. The van der Waals surface area contributed by atoms with Crippen LogP contribution in [0.3, 0.4) is 0 Å². The molecule has 2 aliphatic heterocycles. The van der Waals surface area contributed by atoms with Crippen LogP contribution in [-0.4, -0.2) is 47.3 Å². The number of carbonyl (C=O) groups excluding carboxylic acids is 1. The second-order valence-electron chi connectivity index (χ2n) is 8.04. The van der Waals surface area contributed by atoms with Crippen molar-refractivity contribution in [2.45, 2.75) is 25.8 Å². The highest BCUT2D eigenvalue weighted by atomic mass is 16.5. The molecular formula is C24H26N4O3. The van der Waals surface area contributed by atoms with Crippen LogP contribution in [0.15, 0.2) is 42.9 Å². The summed E-state index contributed by atoms with van der Waals surface area (Å²) in [4.78, 5) is 21.7. The molecule has 0 aromatic carbocycles. The number of amides is 1. The first-order chi connectivity index (χ1) is 15.3. The maximum Gasteiger partial charge on any atom is 0.253 e. The lowest BCUT2D eigenvalue weighted by molar-refractivity contribution is 0.0611. The van der Waals surface area contributed by atoms with Crippen molar-refractivity contribution in [3.8, 4) is 28.3 Å². The van der Waals surface area contributed by atoms with E-state index in [0.29, 0.717) is 18.3 Å². The average Bonchev–Trinajstić information content (AvgIpc) is 3.15. The zero-order chi connectivity index (χ0) is 21.2. The van der Waals surface area contributed by atoms with Crippen LogP contribution in [0.5, 0.6) is 5.88 Å². The van der Waals surface area contributed by atoms with Crippen LogP contribution in [0.4, 0.5) is 0 Å². The van der Waals surface area contributed by atoms with Gasteiger partial charge in [-0.1, -0.05) is 0 Å². The minimum absolute atomic E-state index is 0.0203. The predicted octanol–water partition coefficient (Wildman–Crippen LogP) is 3.33. The SMILES string of the molecule is COc1ccc(-c2c3c(n(CC4CCOCC4)c2-c2ccncc2)CCNC3=O)cn1. The highest BCUT2D eigenvalue weighted by molar-refractivity contribution is 6.07. The molecule has 3 aromatic heterocycles. The van der Waals surface area contributed by atoms with Crippen LogP contribution in [0.25, 0.3) is 22.4 Å². The van der Waals surface area contributed by atoms with Crippen molar-refractivity contribution in [3.63, 3.8) is 0 Å². The summed E-state index contributed by atoms with van der Waals surface area (Å²) < 4.78 is 13.2. The first-order valence-electron chi connectivity index (χ1n) is 10.8. The van der Waals surface area contributed by atoms with Gasteiger partial charge in [0.05, 0.1) is 18.4 Å². The molecule has 0 bridgehead atoms. The van der Waals surface area contributed by atoms with E-state index in [-0.39, 0.29) is 5.91 Å². The fourth-order valence-corrected chi connectivity index (χ4v) is 4.68. The fourth-order valence-electron chi connectivity index (χ4n) is 4.68. The zero-order valence-electron chi connectivity index (χ0n) is 17.6. The maximum atomic E-state index is 13.1. The summed E-state index contributed by atoms with van der Waals surface area (Å²) >= 11 is 0. The summed E-state index contributed by atoms with van der Waals surface area (Å²) in [5.74, 6) is 1.06. The molecule has 0 saturated carbocycles. The van der Waals surface area contributed by atoms with Gasteiger partial charge < -0.3 is 19.4 Å². The molecule has 3 aromatic rings. The normalized spacial score (nSPS) is 16.6. The first-order valence-corrected chi connectivity index (χ1v) is 10.8. The molecule has 7 nitrogen and oxygen atoms in total. The highest BCUT2D eigenvalue weighted by Gasteiger charge is 2.32. The number of methoxy groups -OCH3 is 1. The summed E-state index contributed by atoms with van der Waals surface area (Å²) in [6.07, 6.45) is 8.28. The molecule has 0 spiro atoms. The molecule has 1 saturated heterocycles. The molecule has 160 valence electrons. The van der Waals surface area contributed by atoms with Crippen LogP contribution in [-0.2, 0) is 17.7 Å². The topological polar surface area (TPSA) is 78.3 Å². The minimum Gasteiger partial charge on any atom is -0.481 e. The van der Waals surface area contributed by atoms with E-state index in [4.69, 9.17) is 9.47 Å². The second-order valence-corrected chi connectivity index (χ2v) is 8.04. The van der Waals surface area contributed by atoms with Gasteiger partial charge in [0.2, 0.25) is 5.88 Å². The van der Waals surface area contributed by atoms with Crippen molar-refractivity contribution in [1.82, 2.24) is 19.9 Å². The van der Waals surface area contributed by atoms with Crippen LogP contribution < -0.4 is 10.1 Å². The minimum atomic E-state index is -0.0203. The van der Waals surface area contributed by atoms with E-state index in [9.17, 15) is 4.79 Å². The number of rotatable bonds is 5. The molecule has 0 radical (unpaired) electrons. The Morgan fingerprint density at radius 2 is 1.94 bits per heavy atom. The number of hydrogen-bond donors (Lipinski definition) is 1. The van der Waals surface area contributed by atoms with E-state index in [1.807, 2.05) is 24.3 Å². The lowest BCUT2D eigenvalue weighted by Gasteiger charge is -2.26. The van der Waals surface area contributed by atoms with Gasteiger partial charge in [-0.05, 0) is 37.0 Å². The Kier molecular flexibility index (Phi) is 5.42. The van der Waals surface area contributed by atoms with Gasteiger partial charge in [-0.15, -0.1) is 0 Å². The smallest absolute Gasteiger partial charge is 0.253 e. The third-order valence-electron chi connectivity index (χ3n) is 6.22. The average molecular weight is 418 g/mol. The predicted molar refractivity (Wildman–Crippen MR) is 117 cm³/mol. The molecule has 1 amide bonds. The Hall–Kier alpha value is -3.19. The third-order valence-corrected chi connectivity index (χ3v) is 6.22. The molecule has 5 rings (SSSR count). The molecule has 7 heteroatoms. The van der Waals surface area contributed by atoms with Crippen molar-refractivity contribution in [2.75, 3.05) is 26.9 Å². The van der Waals surface area contributed by atoms with Gasteiger partial charge in [0.25, 0.3) is 5.91 Å². The fraction of sp³-hybridized carbons (Fsp3) is 0.375. The molecule has 5 heterocycles. The number of ether oxygens (including phenoxy) is 2. The quantitative estimate of drug-likeness (QED) is 0.688. The van der Waals surface area contributed by atoms with Crippen LogP contribution in [0, 0.1) is 5.92 Å². The Bertz CT molecular complexity index is 1070.